The molecular weight excluding hydrogens is 417 g/mol. The van der Waals surface area contributed by atoms with Gasteiger partial charge in [0, 0.05) is 17.6 Å². The number of hydrazone groups is 1. The maximum absolute atomic E-state index is 12.8. The van der Waals surface area contributed by atoms with E-state index in [9.17, 15) is 4.79 Å². The number of hydrogen-bond acceptors (Lipinski definition) is 3. The molecule has 0 saturated heterocycles. The smallest absolute Gasteiger partial charge is 0.295 e. The van der Waals surface area contributed by atoms with Crippen LogP contribution in [0.2, 0.25) is 10.0 Å². The van der Waals surface area contributed by atoms with Gasteiger partial charge in [-0.25, -0.2) is 4.68 Å². The van der Waals surface area contributed by atoms with Gasteiger partial charge in [-0.15, -0.1) is 0 Å². The Kier molecular flexibility index (Phi) is 6.18. The van der Waals surface area contributed by atoms with Gasteiger partial charge in [0.05, 0.1) is 22.6 Å². The molecule has 0 unspecified atom stereocenters. The van der Waals surface area contributed by atoms with E-state index in [1.807, 2.05) is 44.3 Å². The highest BCUT2D eigenvalue weighted by atomic mass is 35.5. The van der Waals surface area contributed by atoms with Gasteiger partial charge in [0.2, 0.25) is 0 Å². The van der Waals surface area contributed by atoms with Gasteiger partial charge >= 0.3 is 0 Å². The second-order valence-electron chi connectivity index (χ2n) is 5.93. The van der Waals surface area contributed by atoms with Crippen LogP contribution in [0.15, 0.2) is 58.4 Å². The number of halogens is 2. The molecule has 1 aromatic heterocycles. The average Bonchev–Trinajstić information content (AvgIpc) is 2.87. The third kappa shape index (κ3) is 4.27. The Morgan fingerprint density at radius 2 is 1.89 bits per heavy atom. The third-order valence-electron chi connectivity index (χ3n) is 4.12. The van der Waals surface area contributed by atoms with Crippen LogP contribution in [0.25, 0.3) is 5.69 Å². The van der Waals surface area contributed by atoms with Crippen molar-refractivity contribution >= 4 is 52.4 Å². The summed E-state index contributed by atoms with van der Waals surface area (Å²) in [6.07, 6.45) is 1.52. The molecule has 3 rings (SSSR count). The Morgan fingerprint density at radius 1 is 1.18 bits per heavy atom. The largest absolute Gasteiger partial charge is 0.325 e. The Bertz CT molecular complexity index is 1110. The number of anilines is 1. The monoisotopic (exact) mass is 433 g/mol. The van der Waals surface area contributed by atoms with E-state index in [1.165, 1.54) is 6.21 Å². The van der Waals surface area contributed by atoms with E-state index in [-0.39, 0.29) is 10.7 Å². The summed E-state index contributed by atoms with van der Waals surface area (Å²) in [6, 6.07) is 14.5. The number of hydrogen-bond donors (Lipinski definition) is 2. The Hall–Kier alpha value is -2.61. The van der Waals surface area contributed by atoms with Crippen LogP contribution in [-0.2, 0) is 7.05 Å². The summed E-state index contributed by atoms with van der Waals surface area (Å²) in [6.45, 7) is 1.84. The molecule has 0 atom stereocenters. The van der Waals surface area contributed by atoms with E-state index in [0.29, 0.717) is 21.3 Å². The predicted molar refractivity (Wildman–Crippen MR) is 119 cm³/mol. The zero-order valence-corrected chi connectivity index (χ0v) is 17.4. The number of thiocarbonyl (C=S) groups is 1. The normalized spacial score (nSPS) is 11.0. The summed E-state index contributed by atoms with van der Waals surface area (Å²) < 4.78 is 3.33. The lowest BCUT2D eigenvalue weighted by Crippen LogP contribution is -2.28. The molecule has 0 aliphatic rings. The molecule has 28 heavy (non-hydrogen) atoms. The van der Waals surface area contributed by atoms with Crippen LogP contribution in [0.3, 0.4) is 0 Å². The van der Waals surface area contributed by atoms with Gasteiger partial charge in [-0.2, -0.15) is 5.10 Å². The molecule has 0 aliphatic carbocycles. The number of aromatic nitrogens is 2. The van der Waals surface area contributed by atoms with Crippen molar-refractivity contribution in [1.82, 2.24) is 14.8 Å². The van der Waals surface area contributed by atoms with E-state index in [1.54, 1.807) is 27.6 Å². The quantitative estimate of drug-likeness (QED) is 0.369. The molecule has 0 amide bonds. The van der Waals surface area contributed by atoms with E-state index < -0.39 is 0 Å². The molecular formula is C19H17Cl2N5OS. The van der Waals surface area contributed by atoms with Gasteiger partial charge in [0.1, 0.15) is 5.69 Å². The van der Waals surface area contributed by atoms with Crippen LogP contribution >= 0.6 is 35.4 Å². The molecule has 1 heterocycles. The standard InChI is InChI=1S/C19H17Cl2N5OS/c1-12-17(18(27)26(25(12)2)15-6-4-3-5-7-15)23-19(28)24-22-11-13-8-9-14(20)10-16(13)21/h3-11H,1-2H3,(H2,23,24,28)/b22-11-. The highest BCUT2D eigenvalue weighted by Gasteiger charge is 2.16. The van der Waals surface area contributed by atoms with Crippen molar-refractivity contribution in [2.24, 2.45) is 12.1 Å². The van der Waals surface area contributed by atoms with Crippen molar-refractivity contribution in [2.45, 2.75) is 6.92 Å². The van der Waals surface area contributed by atoms with Gasteiger partial charge in [-0.1, -0.05) is 47.5 Å². The van der Waals surface area contributed by atoms with Gasteiger partial charge in [-0.05, 0) is 43.4 Å². The van der Waals surface area contributed by atoms with Crippen molar-refractivity contribution in [1.29, 1.82) is 0 Å². The summed E-state index contributed by atoms with van der Waals surface area (Å²) in [5.41, 5.74) is 5.04. The zero-order valence-electron chi connectivity index (χ0n) is 15.1. The van der Waals surface area contributed by atoms with Crippen LogP contribution in [0.5, 0.6) is 0 Å². The van der Waals surface area contributed by atoms with Crippen LogP contribution in [-0.4, -0.2) is 20.7 Å². The SMILES string of the molecule is Cc1c(NC(=S)N/N=C\c2ccc(Cl)cc2Cl)c(=O)n(-c2ccccc2)n1C. The first-order valence-corrected chi connectivity index (χ1v) is 9.44. The number of para-hydroxylation sites is 1. The summed E-state index contributed by atoms with van der Waals surface area (Å²) in [5, 5.41) is 8.17. The number of rotatable bonds is 4. The van der Waals surface area contributed by atoms with Gasteiger partial charge in [0.25, 0.3) is 5.56 Å². The van der Waals surface area contributed by atoms with Crippen LogP contribution < -0.4 is 16.3 Å². The Labute approximate surface area is 177 Å². The first kappa shape index (κ1) is 20.1. The van der Waals surface area contributed by atoms with Crippen molar-refractivity contribution in [3.8, 4) is 5.69 Å². The van der Waals surface area contributed by atoms with E-state index >= 15 is 0 Å². The molecule has 2 N–H and O–H groups in total. The van der Waals surface area contributed by atoms with E-state index in [4.69, 9.17) is 35.4 Å². The molecule has 0 fully saturated rings. The molecule has 0 saturated carbocycles. The minimum atomic E-state index is -0.208. The second kappa shape index (κ2) is 8.60. The van der Waals surface area contributed by atoms with Crippen LogP contribution in [0.1, 0.15) is 11.3 Å². The van der Waals surface area contributed by atoms with E-state index in [2.05, 4.69) is 15.8 Å². The number of nitrogens with zero attached hydrogens (tertiary/aromatic N) is 3. The van der Waals surface area contributed by atoms with Gasteiger partial charge in [0.15, 0.2) is 5.11 Å². The summed E-state index contributed by atoms with van der Waals surface area (Å²) >= 11 is 17.2. The van der Waals surface area contributed by atoms with Crippen molar-refractivity contribution < 1.29 is 0 Å². The maximum Gasteiger partial charge on any atom is 0.295 e. The Balaban J connectivity index is 1.76. The van der Waals surface area contributed by atoms with Gasteiger partial charge in [-0.3, -0.25) is 14.9 Å². The van der Waals surface area contributed by atoms with E-state index in [0.717, 1.165) is 11.4 Å². The van der Waals surface area contributed by atoms with Crippen LogP contribution in [0, 0.1) is 6.92 Å². The number of benzene rings is 2. The fourth-order valence-electron chi connectivity index (χ4n) is 2.62. The molecule has 9 heteroatoms. The molecule has 2 aromatic carbocycles. The molecule has 3 aromatic rings. The summed E-state index contributed by atoms with van der Waals surface area (Å²) in [4.78, 5) is 12.8. The molecule has 0 aliphatic heterocycles. The number of nitrogens with one attached hydrogen (secondary N) is 2. The summed E-state index contributed by atoms with van der Waals surface area (Å²) in [5.74, 6) is 0. The predicted octanol–water partition coefficient (Wildman–Crippen LogP) is 4.11. The average molecular weight is 434 g/mol. The van der Waals surface area contributed by atoms with Crippen molar-refractivity contribution in [2.75, 3.05) is 5.32 Å². The highest BCUT2D eigenvalue weighted by Crippen LogP contribution is 2.19. The zero-order chi connectivity index (χ0) is 20.3. The van der Waals surface area contributed by atoms with Gasteiger partial charge < -0.3 is 5.32 Å². The first-order chi connectivity index (χ1) is 13.4. The topological polar surface area (TPSA) is 63.4 Å². The van der Waals surface area contributed by atoms with Crippen LogP contribution in [0.4, 0.5) is 5.69 Å². The summed E-state index contributed by atoms with van der Waals surface area (Å²) in [7, 11) is 1.81. The molecule has 144 valence electrons. The lowest BCUT2D eigenvalue weighted by atomic mass is 10.2. The third-order valence-corrected chi connectivity index (χ3v) is 4.88. The Morgan fingerprint density at radius 3 is 2.57 bits per heavy atom. The highest BCUT2D eigenvalue weighted by molar-refractivity contribution is 7.80. The molecule has 6 nitrogen and oxygen atoms in total. The minimum absolute atomic E-state index is 0.187. The van der Waals surface area contributed by atoms with Crippen molar-refractivity contribution in [3.63, 3.8) is 0 Å². The minimum Gasteiger partial charge on any atom is -0.325 e. The lowest BCUT2D eigenvalue weighted by molar-refractivity contribution is 0.630. The first-order valence-electron chi connectivity index (χ1n) is 8.27. The fraction of sp³-hybridized carbons (Fsp3) is 0.105. The fourth-order valence-corrected chi connectivity index (χ4v) is 3.23. The second-order valence-corrected chi connectivity index (χ2v) is 7.18. The van der Waals surface area contributed by atoms with Crippen molar-refractivity contribution in [3.05, 3.63) is 80.2 Å². The molecule has 0 spiro atoms. The molecule has 0 radical (unpaired) electrons. The lowest BCUT2D eigenvalue weighted by Gasteiger charge is -2.07. The molecule has 0 bridgehead atoms. The maximum atomic E-state index is 12.8.